The second-order valence-corrected chi connectivity index (χ2v) is 6.99. The van der Waals surface area contributed by atoms with Gasteiger partial charge < -0.3 is 10.4 Å². The van der Waals surface area contributed by atoms with Gasteiger partial charge in [-0.3, -0.25) is 4.79 Å². The number of benzene rings is 1. The number of amides is 1. The van der Waals surface area contributed by atoms with Gasteiger partial charge in [0, 0.05) is 16.2 Å². The summed E-state index contributed by atoms with van der Waals surface area (Å²) in [7, 11) is 0. The van der Waals surface area contributed by atoms with E-state index in [4.69, 9.17) is 0 Å². The van der Waals surface area contributed by atoms with E-state index in [2.05, 4.69) is 17.4 Å². The molecule has 1 heterocycles. The van der Waals surface area contributed by atoms with Crippen molar-refractivity contribution in [3.05, 3.63) is 29.8 Å². The van der Waals surface area contributed by atoms with Gasteiger partial charge in [0.2, 0.25) is 5.91 Å². The number of nitrogens with one attached hydrogen (secondary N) is 1. The lowest BCUT2D eigenvalue weighted by atomic mass is 10.1. The van der Waals surface area contributed by atoms with Crippen LogP contribution in [0.15, 0.2) is 29.2 Å². The number of fused-ring (bicyclic) bond motifs is 1. The van der Waals surface area contributed by atoms with Crippen LogP contribution >= 0.6 is 23.5 Å². The Kier molecular flexibility index (Phi) is 5.19. The van der Waals surface area contributed by atoms with E-state index in [1.165, 1.54) is 10.5 Å². The van der Waals surface area contributed by atoms with Gasteiger partial charge in [-0.25, -0.2) is 0 Å². The smallest absolute Gasteiger partial charge is 0.234 e. The molecular formula is C14H19NO2S2. The van der Waals surface area contributed by atoms with E-state index in [1.54, 1.807) is 23.5 Å². The van der Waals surface area contributed by atoms with Crippen molar-refractivity contribution in [1.29, 1.82) is 0 Å². The molecule has 0 radical (unpaired) electrons. The van der Waals surface area contributed by atoms with Gasteiger partial charge in [0.25, 0.3) is 0 Å². The second-order valence-electron chi connectivity index (χ2n) is 4.67. The molecule has 1 aromatic rings. The molecule has 1 aliphatic rings. The predicted molar refractivity (Wildman–Crippen MR) is 81.8 cm³/mol. The first-order valence-corrected chi connectivity index (χ1v) is 8.51. The van der Waals surface area contributed by atoms with Crippen molar-refractivity contribution >= 4 is 29.4 Å². The maximum atomic E-state index is 12.2. The summed E-state index contributed by atoms with van der Waals surface area (Å²) >= 11 is 3.21. The standard InChI is InChI=1S/C14H19NO2S2/c1-9(13(8-16)18-2)15-14(17)12-7-10-5-3-4-6-11(10)19-12/h3-6,9,12-13,16H,7-8H2,1-2H3,(H,15,17). The summed E-state index contributed by atoms with van der Waals surface area (Å²) in [6, 6.07) is 8.14. The van der Waals surface area contributed by atoms with Crippen molar-refractivity contribution in [2.45, 2.75) is 34.8 Å². The summed E-state index contributed by atoms with van der Waals surface area (Å²) in [5.41, 5.74) is 1.25. The normalized spacial score (nSPS) is 20.7. The second kappa shape index (κ2) is 6.68. The minimum atomic E-state index is -0.0407. The first-order chi connectivity index (χ1) is 9.15. The number of aliphatic hydroxyl groups is 1. The van der Waals surface area contributed by atoms with E-state index >= 15 is 0 Å². The van der Waals surface area contributed by atoms with Crippen LogP contribution in [0.3, 0.4) is 0 Å². The van der Waals surface area contributed by atoms with Crippen LogP contribution in [0.5, 0.6) is 0 Å². The van der Waals surface area contributed by atoms with Crippen molar-refractivity contribution in [1.82, 2.24) is 5.32 Å². The zero-order valence-corrected chi connectivity index (χ0v) is 12.8. The largest absolute Gasteiger partial charge is 0.395 e. The molecule has 0 spiro atoms. The molecule has 0 fully saturated rings. The number of thioether (sulfide) groups is 2. The zero-order chi connectivity index (χ0) is 13.8. The first kappa shape index (κ1) is 14.8. The third kappa shape index (κ3) is 3.46. The molecule has 0 saturated carbocycles. The van der Waals surface area contributed by atoms with Crippen LogP contribution in [0.2, 0.25) is 0 Å². The van der Waals surface area contributed by atoms with E-state index < -0.39 is 0 Å². The topological polar surface area (TPSA) is 49.3 Å². The van der Waals surface area contributed by atoms with Crippen LogP contribution in [0.25, 0.3) is 0 Å². The third-order valence-corrected chi connectivity index (χ3v) is 5.83. The Morgan fingerprint density at radius 3 is 2.95 bits per heavy atom. The summed E-state index contributed by atoms with van der Waals surface area (Å²) in [5.74, 6) is 0.0706. The fourth-order valence-electron chi connectivity index (χ4n) is 2.18. The van der Waals surface area contributed by atoms with Crippen LogP contribution in [-0.4, -0.2) is 40.4 Å². The maximum Gasteiger partial charge on any atom is 0.234 e. The summed E-state index contributed by atoms with van der Waals surface area (Å²) in [6.45, 7) is 2.03. The summed E-state index contributed by atoms with van der Waals surface area (Å²) in [4.78, 5) is 13.4. The molecule has 2 rings (SSSR count). The highest BCUT2D eigenvalue weighted by atomic mass is 32.2. The van der Waals surface area contributed by atoms with Gasteiger partial charge in [-0.1, -0.05) is 18.2 Å². The summed E-state index contributed by atoms with van der Waals surface area (Å²) in [6.07, 6.45) is 2.74. The van der Waals surface area contributed by atoms with Gasteiger partial charge in [-0.05, 0) is 31.2 Å². The van der Waals surface area contributed by atoms with Crippen LogP contribution in [0.1, 0.15) is 12.5 Å². The molecule has 19 heavy (non-hydrogen) atoms. The quantitative estimate of drug-likeness (QED) is 0.872. The molecule has 2 N–H and O–H groups in total. The Morgan fingerprint density at radius 2 is 2.32 bits per heavy atom. The molecule has 3 atom stereocenters. The molecule has 3 unspecified atom stereocenters. The maximum absolute atomic E-state index is 12.2. The number of aliphatic hydroxyl groups excluding tert-OH is 1. The Bertz CT molecular complexity index is 424. The zero-order valence-electron chi connectivity index (χ0n) is 11.1. The van der Waals surface area contributed by atoms with Gasteiger partial charge in [-0.15, -0.1) is 11.8 Å². The molecule has 0 aliphatic carbocycles. The molecule has 1 aromatic carbocycles. The highest BCUT2D eigenvalue weighted by molar-refractivity contribution is 8.01. The fraction of sp³-hybridized carbons (Fsp3) is 0.500. The minimum absolute atomic E-state index is 0.0168. The van der Waals surface area contributed by atoms with Crippen molar-refractivity contribution in [2.24, 2.45) is 0 Å². The van der Waals surface area contributed by atoms with Gasteiger partial charge in [0.05, 0.1) is 11.9 Å². The van der Waals surface area contributed by atoms with Crippen molar-refractivity contribution < 1.29 is 9.90 Å². The molecule has 1 aliphatic heterocycles. The highest BCUT2D eigenvalue weighted by Crippen LogP contribution is 2.36. The molecule has 3 nitrogen and oxygen atoms in total. The predicted octanol–water partition coefficient (Wildman–Crippen LogP) is 1.93. The molecule has 1 amide bonds. The Labute approximate surface area is 122 Å². The van der Waals surface area contributed by atoms with E-state index in [0.29, 0.717) is 0 Å². The van der Waals surface area contributed by atoms with Crippen molar-refractivity contribution in [2.75, 3.05) is 12.9 Å². The van der Waals surface area contributed by atoms with Crippen molar-refractivity contribution in [3.8, 4) is 0 Å². The molecular weight excluding hydrogens is 278 g/mol. The highest BCUT2D eigenvalue weighted by Gasteiger charge is 2.29. The average molecular weight is 297 g/mol. The van der Waals surface area contributed by atoms with Gasteiger partial charge in [0.1, 0.15) is 0 Å². The molecule has 0 aromatic heterocycles. The molecule has 0 saturated heterocycles. The number of carbonyl (C=O) groups excluding carboxylic acids is 1. The van der Waals surface area contributed by atoms with Crippen LogP contribution in [0, 0.1) is 0 Å². The number of rotatable bonds is 5. The van der Waals surface area contributed by atoms with E-state index in [1.807, 2.05) is 25.3 Å². The van der Waals surface area contributed by atoms with Crippen LogP contribution in [0.4, 0.5) is 0 Å². The number of hydrogen-bond acceptors (Lipinski definition) is 4. The van der Waals surface area contributed by atoms with E-state index in [9.17, 15) is 9.90 Å². The van der Waals surface area contributed by atoms with Gasteiger partial charge in [-0.2, -0.15) is 11.8 Å². The van der Waals surface area contributed by atoms with E-state index in [0.717, 1.165) is 6.42 Å². The van der Waals surface area contributed by atoms with Gasteiger partial charge >= 0.3 is 0 Å². The number of hydrogen-bond donors (Lipinski definition) is 2. The van der Waals surface area contributed by atoms with E-state index in [-0.39, 0.29) is 29.1 Å². The summed E-state index contributed by atoms with van der Waals surface area (Å²) < 4.78 is 0. The number of carbonyl (C=O) groups is 1. The summed E-state index contributed by atoms with van der Waals surface area (Å²) in [5, 5.41) is 12.3. The fourth-order valence-corrected chi connectivity index (χ4v) is 4.01. The lowest BCUT2D eigenvalue weighted by Gasteiger charge is -2.22. The van der Waals surface area contributed by atoms with Crippen molar-refractivity contribution in [3.63, 3.8) is 0 Å². The lowest BCUT2D eigenvalue weighted by molar-refractivity contribution is -0.121. The van der Waals surface area contributed by atoms with Crippen LogP contribution in [-0.2, 0) is 11.2 Å². The molecule has 0 bridgehead atoms. The monoisotopic (exact) mass is 297 g/mol. The molecule has 5 heteroatoms. The lowest BCUT2D eigenvalue weighted by Crippen LogP contribution is -2.44. The third-order valence-electron chi connectivity index (χ3n) is 3.35. The van der Waals surface area contributed by atoms with Crippen LogP contribution < -0.4 is 5.32 Å². The minimum Gasteiger partial charge on any atom is -0.395 e. The Morgan fingerprint density at radius 1 is 1.58 bits per heavy atom. The molecule has 104 valence electrons. The Hall–Kier alpha value is -0.650. The Balaban J connectivity index is 1.93. The first-order valence-electron chi connectivity index (χ1n) is 6.34. The average Bonchev–Trinajstić information content (AvgIpc) is 2.84. The van der Waals surface area contributed by atoms with Gasteiger partial charge in [0.15, 0.2) is 0 Å². The SMILES string of the molecule is CSC(CO)C(C)NC(=O)C1Cc2ccccc2S1.